The third-order valence-electron chi connectivity index (χ3n) is 3.96. The molecule has 7 nitrogen and oxygen atoms in total. The number of aliphatic hydroxyl groups is 1. The first-order valence-electron chi connectivity index (χ1n) is 7.81. The molecular formula is C17H23NO6. The van der Waals surface area contributed by atoms with Crippen molar-refractivity contribution in [3.63, 3.8) is 0 Å². The quantitative estimate of drug-likeness (QED) is 0.661. The number of hydrogen-bond acceptors (Lipinski definition) is 6. The SMILES string of the molecule is COC[C@@]1(C(=O)NC[C@@H](O)C(=O)OCc2ccccc2)CCOC1. The molecule has 1 aliphatic rings. The van der Waals surface area contributed by atoms with Crippen molar-refractivity contribution in [1.29, 1.82) is 0 Å². The van der Waals surface area contributed by atoms with Gasteiger partial charge in [0.1, 0.15) is 6.61 Å². The minimum absolute atomic E-state index is 0.0755. The molecule has 1 heterocycles. The van der Waals surface area contributed by atoms with Crippen LogP contribution in [0.3, 0.4) is 0 Å². The van der Waals surface area contributed by atoms with Crippen LogP contribution in [0, 0.1) is 5.41 Å². The summed E-state index contributed by atoms with van der Waals surface area (Å²) in [4.78, 5) is 24.1. The van der Waals surface area contributed by atoms with E-state index < -0.39 is 17.5 Å². The van der Waals surface area contributed by atoms with Crippen molar-refractivity contribution in [3.8, 4) is 0 Å². The summed E-state index contributed by atoms with van der Waals surface area (Å²) in [6, 6.07) is 9.15. The standard InChI is InChI=1S/C17H23NO6/c1-22-11-17(7-8-23-12-17)16(21)18-9-14(19)15(20)24-10-13-5-3-2-4-6-13/h2-6,14,19H,7-12H2,1H3,(H,18,21)/t14-,17+/m1/s1. The van der Waals surface area contributed by atoms with Crippen LogP contribution < -0.4 is 5.32 Å². The van der Waals surface area contributed by atoms with Gasteiger partial charge in [0.05, 0.1) is 25.2 Å². The van der Waals surface area contributed by atoms with Gasteiger partial charge in [-0.2, -0.15) is 0 Å². The average molecular weight is 337 g/mol. The van der Waals surface area contributed by atoms with Crippen molar-refractivity contribution < 1.29 is 28.9 Å². The molecule has 1 saturated heterocycles. The lowest BCUT2D eigenvalue weighted by Gasteiger charge is -2.25. The Labute approximate surface area is 140 Å². The molecule has 0 aliphatic carbocycles. The summed E-state index contributed by atoms with van der Waals surface area (Å²) in [6.45, 7) is 0.844. The van der Waals surface area contributed by atoms with Gasteiger partial charge in [-0.15, -0.1) is 0 Å². The predicted octanol–water partition coefficient (Wildman–Crippen LogP) is 0.260. The lowest BCUT2D eigenvalue weighted by molar-refractivity contribution is -0.155. The number of aliphatic hydroxyl groups excluding tert-OH is 1. The fourth-order valence-electron chi connectivity index (χ4n) is 2.53. The first kappa shape index (κ1) is 18.4. The molecule has 2 N–H and O–H groups in total. The Hall–Kier alpha value is -1.96. The maximum absolute atomic E-state index is 12.3. The van der Waals surface area contributed by atoms with Crippen LogP contribution in [0.1, 0.15) is 12.0 Å². The molecule has 0 spiro atoms. The maximum Gasteiger partial charge on any atom is 0.337 e. The van der Waals surface area contributed by atoms with Gasteiger partial charge in [-0.1, -0.05) is 30.3 Å². The molecule has 0 radical (unpaired) electrons. The van der Waals surface area contributed by atoms with Crippen LogP contribution in [0.4, 0.5) is 0 Å². The first-order valence-corrected chi connectivity index (χ1v) is 7.81. The van der Waals surface area contributed by atoms with E-state index >= 15 is 0 Å². The number of ether oxygens (including phenoxy) is 3. The summed E-state index contributed by atoms with van der Waals surface area (Å²) in [5, 5.41) is 12.4. The smallest absolute Gasteiger partial charge is 0.337 e. The number of carbonyl (C=O) groups is 2. The lowest BCUT2D eigenvalue weighted by Crippen LogP contribution is -2.48. The van der Waals surface area contributed by atoms with Crippen molar-refractivity contribution >= 4 is 11.9 Å². The topological polar surface area (TPSA) is 94.1 Å². The van der Waals surface area contributed by atoms with Crippen molar-refractivity contribution in [2.24, 2.45) is 5.41 Å². The molecule has 7 heteroatoms. The number of benzene rings is 1. The van der Waals surface area contributed by atoms with Crippen LogP contribution in [0.25, 0.3) is 0 Å². The number of carbonyl (C=O) groups excluding carboxylic acids is 2. The van der Waals surface area contributed by atoms with Crippen LogP contribution in [0.15, 0.2) is 30.3 Å². The molecule has 1 fully saturated rings. The highest BCUT2D eigenvalue weighted by molar-refractivity contribution is 5.84. The van der Waals surface area contributed by atoms with Gasteiger partial charge in [0, 0.05) is 13.7 Å². The van der Waals surface area contributed by atoms with Crippen LogP contribution in [0.5, 0.6) is 0 Å². The van der Waals surface area contributed by atoms with Gasteiger partial charge < -0.3 is 24.6 Å². The fourth-order valence-corrected chi connectivity index (χ4v) is 2.53. The van der Waals surface area contributed by atoms with E-state index in [1.165, 1.54) is 7.11 Å². The van der Waals surface area contributed by atoms with E-state index in [0.29, 0.717) is 13.0 Å². The average Bonchev–Trinajstić information content (AvgIpc) is 3.08. The zero-order chi connectivity index (χ0) is 17.4. The number of methoxy groups -OCH3 is 1. The molecule has 2 atom stereocenters. The van der Waals surface area contributed by atoms with Crippen LogP contribution in [0.2, 0.25) is 0 Å². The maximum atomic E-state index is 12.3. The molecular weight excluding hydrogens is 314 g/mol. The van der Waals surface area contributed by atoms with Gasteiger partial charge >= 0.3 is 5.97 Å². The van der Waals surface area contributed by atoms with E-state index in [9.17, 15) is 14.7 Å². The van der Waals surface area contributed by atoms with Gasteiger partial charge in [0.15, 0.2) is 6.10 Å². The van der Waals surface area contributed by atoms with Crippen molar-refractivity contribution in [2.45, 2.75) is 19.1 Å². The van der Waals surface area contributed by atoms with E-state index in [2.05, 4.69) is 5.32 Å². The molecule has 1 aromatic carbocycles. The summed E-state index contributed by atoms with van der Waals surface area (Å²) < 4.78 is 15.4. The number of rotatable bonds is 8. The number of amides is 1. The molecule has 0 saturated carbocycles. The molecule has 132 valence electrons. The predicted molar refractivity (Wildman–Crippen MR) is 85.0 cm³/mol. The fraction of sp³-hybridized carbons (Fsp3) is 0.529. The van der Waals surface area contributed by atoms with E-state index in [0.717, 1.165) is 5.56 Å². The van der Waals surface area contributed by atoms with Crippen LogP contribution in [-0.4, -0.2) is 56.6 Å². The molecule has 0 bridgehead atoms. The van der Waals surface area contributed by atoms with E-state index in [4.69, 9.17) is 14.2 Å². The summed E-state index contributed by atoms with van der Waals surface area (Å²) >= 11 is 0. The Kier molecular flexibility index (Phi) is 6.72. The Bertz CT molecular complexity index is 541. The first-order chi connectivity index (χ1) is 11.6. The molecule has 1 aromatic rings. The summed E-state index contributed by atoms with van der Waals surface area (Å²) in [6.07, 6.45) is -0.874. The number of nitrogens with one attached hydrogen (secondary N) is 1. The van der Waals surface area contributed by atoms with Gasteiger partial charge in [-0.3, -0.25) is 4.79 Å². The summed E-state index contributed by atoms with van der Waals surface area (Å²) in [7, 11) is 1.52. The lowest BCUT2D eigenvalue weighted by atomic mass is 9.87. The van der Waals surface area contributed by atoms with Gasteiger partial charge in [-0.25, -0.2) is 4.79 Å². The molecule has 1 amide bonds. The molecule has 1 aliphatic heterocycles. The summed E-state index contributed by atoms with van der Waals surface area (Å²) in [5.74, 6) is -1.07. The van der Waals surface area contributed by atoms with E-state index in [1.54, 1.807) is 0 Å². The Balaban J connectivity index is 1.78. The molecule has 2 rings (SSSR count). The van der Waals surface area contributed by atoms with Gasteiger partial charge in [-0.05, 0) is 12.0 Å². The van der Waals surface area contributed by atoms with Crippen molar-refractivity contribution in [1.82, 2.24) is 5.32 Å². The second-order valence-corrected chi connectivity index (χ2v) is 5.84. The van der Waals surface area contributed by atoms with Crippen molar-refractivity contribution in [3.05, 3.63) is 35.9 Å². The second kappa shape index (κ2) is 8.77. The zero-order valence-electron chi connectivity index (χ0n) is 13.7. The minimum atomic E-state index is -1.42. The van der Waals surface area contributed by atoms with Crippen molar-refractivity contribution in [2.75, 3.05) is 33.5 Å². The Morgan fingerprint density at radius 3 is 2.75 bits per heavy atom. The monoisotopic (exact) mass is 337 g/mol. The molecule has 0 aromatic heterocycles. The number of esters is 1. The Morgan fingerprint density at radius 2 is 2.12 bits per heavy atom. The van der Waals surface area contributed by atoms with Gasteiger partial charge in [0.25, 0.3) is 0 Å². The van der Waals surface area contributed by atoms with Crippen LogP contribution in [-0.2, 0) is 30.4 Å². The zero-order valence-corrected chi connectivity index (χ0v) is 13.7. The minimum Gasteiger partial charge on any atom is -0.459 e. The third-order valence-corrected chi connectivity index (χ3v) is 3.96. The van der Waals surface area contributed by atoms with Crippen LogP contribution >= 0.6 is 0 Å². The highest BCUT2D eigenvalue weighted by Gasteiger charge is 2.42. The van der Waals surface area contributed by atoms with E-state index in [1.807, 2.05) is 30.3 Å². The number of hydrogen-bond donors (Lipinski definition) is 2. The highest BCUT2D eigenvalue weighted by atomic mass is 16.5. The second-order valence-electron chi connectivity index (χ2n) is 5.84. The molecule has 0 unspecified atom stereocenters. The summed E-state index contributed by atoms with van der Waals surface area (Å²) in [5.41, 5.74) is 0.0619. The Morgan fingerprint density at radius 1 is 1.38 bits per heavy atom. The third kappa shape index (κ3) is 4.77. The largest absolute Gasteiger partial charge is 0.459 e. The molecule has 24 heavy (non-hydrogen) atoms. The van der Waals surface area contributed by atoms with E-state index in [-0.39, 0.29) is 32.3 Å². The normalized spacial score (nSPS) is 21.2. The highest BCUT2D eigenvalue weighted by Crippen LogP contribution is 2.29. The van der Waals surface area contributed by atoms with Gasteiger partial charge in [0.2, 0.25) is 5.91 Å².